The second-order valence-electron chi connectivity index (χ2n) is 6.02. The highest BCUT2D eigenvalue weighted by Crippen LogP contribution is 2.14. The molecular weight excluding hydrogens is 302 g/mol. The van der Waals surface area contributed by atoms with E-state index in [4.69, 9.17) is 0 Å². The molecule has 2 amide bonds. The number of likely N-dealkylation sites (N-methyl/N-ethyl adjacent to an activating group) is 1. The molecule has 2 rings (SSSR count). The maximum Gasteiger partial charge on any atom is 0.254 e. The van der Waals surface area contributed by atoms with Crippen LogP contribution in [0.25, 0.3) is 0 Å². The van der Waals surface area contributed by atoms with Crippen LogP contribution in [0.2, 0.25) is 0 Å². The summed E-state index contributed by atoms with van der Waals surface area (Å²) in [6.45, 7) is 1.99. The van der Waals surface area contributed by atoms with Crippen molar-refractivity contribution >= 4 is 23.2 Å². The smallest absolute Gasteiger partial charge is 0.254 e. The topological polar surface area (TPSA) is 52.7 Å². The molecular formula is C19H23N3O2. The summed E-state index contributed by atoms with van der Waals surface area (Å²) in [7, 11) is 5.51. The summed E-state index contributed by atoms with van der Waals surface area (Å²) in [6, 6.07) is 14.8. The molecule has 0 radical (unpaired) electrons. The molecule has 0 bridgehead atoms. The van der Waals surface area contributed by atoms with Gasteiger partial charge < -0.3 is 15.1 Å². The number of aryl methyl sites for hydroxylation is 1. The standard InChI is InChI=1S/C19H23N3O2/c1-14-5-9-16(10-6-14)20-18(23)13-22(4)19(24)15-7-11-17(12-8-15)21(2)3/h5-12H,13H2,1-4H3,(H,20,23). The quantitative estimate of drug-likeness (QED) is 0.920. The Kier molecular flexibility index (Phi) is 5.58. The van der Waals surface area contributed by atoms with E-state index in [-0.39, 0.29) is 18.4 Å². The number of amides is 2. The van der Waals surface area contributed by atoms with Crippen molar-refractivity contribution in [1.29, 1.82) is 0 Å². The van der Waals surface area contributed by atoms with Crippen molar-refractivity contribution in [3.63, 3.8) is 0 Å². The lowest BCUT2D eigenvalue weighted by Gasteiger charge is -2.18. The lowest BCUT2D eigenvalue weighted by molar-refractivity contribution is -0.116. The van der Waals surface area contributed by atoms with Gasteiger partial charge >= 0.3 is 0 Å². The summed E-state index contributed by atoms with van der Waals surface area (Å²) in [5, 5.41) is 2.79. The van der Waals surface area contributed by atoms with Gasteiger partial charge in [-0.15, -0.1) is 0 Å². The molecule has 5 nitrogen and oxygen atoms in total. The second kappa shape index (κ2) is 7.64. The van der Waals surface area contributed by atoms with Crippen molar-refractivity contribution < 1.29 is 9.59 Å². The van der Waals surface area contributed by atoms with Gasteiger partial charge in [-0.05, 0) is 43.3 Å². The van der Waals surface area contributed by atoms with Gasteiger partial charge in [0.1, 0.15) is 0 Å². The maximum atomic E-state index is 12.4. The van der Waals surface area contributed by atoms with Crippen LogP contribution >= 0.6 is 0 Å². The minimum atomic E-state index is -0.223. The van der Waals surface area contributed by atoms with Crippen LogP contribution in [-0.4, -0.2) is 44.4 Å². The van der Waals surface area contributed by atoms with Crippen LogP contribution < -0.4 is 10.2 Å². The van der Waals surface area contributed by atoms with Gasteiger partial charge in [-0.1, -0.05) is 17.7 Å². The van der Waals surface area contributed by atoms with Crippen molar-refractivity contribution in [2.24, 2.45) is 0 Å². The van der Waals surface area contributed by atoms with Crippen molar-refractivity contribution in [2.45, 2.75) is 6.92 Å². The minimum Gasteiger partial charge on any atom is -0.378 e. The third-order valence-corrected chi connectivity index (χ3v) is 3.69. The SMILES string of the molecule is Cc1ccc(NC(=O)CN(C)C(=O)c2ccc(N(C)C)cc2)cc1. The van der Waals surface area contributed by atoms with E-state index in [1.54, 1.807) is 19.2 Å². The highest BCUT2D eigenvalue weighted by molar-refractivity contribution is 5.99. The van der Waals surface area contributed by atoms with Crippen molar-refractivity contribution in [3.8, 4) is 0 Å². The summed E-state index contributed by atoms with van der Waals surface area (Å²) in [4.78, 5) is 27.8. The molecule has 0 aromatic heterocycles. The molecule has 0 saturated carbocycles. The fourth-order valence-electron chi connectivity index (χ4n) is 2.25. The molecule has 2 aromatic carbocycles. The number of rotatable bonds is 5. The van der Waals surface area contributed by atoms with Crippen LogP contribution in [0.1, 0.15) is 15.9 Å². The van der Waals surface area contributed by atoms with E-state index in [1.165, 1.54) is 4.90 Å². The van der Waals surface area contributed by atoms with Crippen LogP contribution in [0, 0.1) is 6.92 Å². The first kappa shape index (κ1) is 17.5. The zero-order valence-electron chi connectivity index (χ0n) is 14.5. The van der Waals surface area contributed by atoms with Gasteiger partial charge in [-0.3, -0.25) is 9.59 Å². The van der Waals surface area contributed by atoms with E-state index in [1.807, 2.05) is 62.3 Å². The Labute approximate surface area is 142 Å². The van der Waals surface area contributed by atoms with E-state index in [9.17, 15) is 9.59 Å². The normalized spacial score (nSPS) is 10.2. The Balaban J connectivity index is 1.95. The second-order valence-corrected chi connectivity index (χ2v) is 6.02. The van der Waals surface area contributed by atoms with Crippen LogP contribution in [0.3, 0.4) is 0 Å². The largest absolute Gasteiger partial charge is 0.378 e. The summed E-state index contributed by atoms with van der Waals surface area (Å²) < 4.78 is 0. The van der Waals surface area contributed by atoms with Gasteiger partial charge in [-0.2, -0.15) is 0 Å². The van der Waals surface area contributed by atoms with E-state index in [0.717, 1.165) is 16.9 Å². The number of carbonyl (C=O) groups excluding carboxylic acids is 2. The zero-order valence-corrected chi connectivity index (χ0v) is 14.5. The molecule has 24 heavy (non-hydrogen) atoms. The summed E-state index contributed by atoms with van der Waals surface area (Å²) in [5.41, 5.74) is 3.43. The molecule has 0 heterocycles. The van der Waals surface area contributed by atoms with E-state index < -0.39 is 0 Å². The number of anilines is 2. The van der Waals surface area contributed by atoms with Gasteiger partial charge in [0.05, 0.1) is 6.54 Å². The number of hydrogen-bond acceptors (Lipinski definition) is 3. The van der Waals surface area contributed by atoms with E-state index in [0.29, 0.717) is 5.56 Å². The lowest BCUT2D eigenvalue weighted by Crippen LogP contribution is -2.34. The third kappa shape index (κ3) is 4.59. The lowest BCUT2D eigenvalue weighted by atomic mass is 10.1. The van der Waals surface area contributed by atoms with Crippen molar-refractivity contribution in [2.75, 3.05) is 37.9 Å². The first-order valence-corrected chi connectivity index (χ1v) is 7.76. The molecule has 0 atom stereocenters. The number of benzene rings is 2. The summed E-state index contributed by atoms with van der Waals surface area (Å²) >= 11 is 0. The Morgan fingerprint density at radius 2 is 1.50 bits per heavy atom. The molecule has 126 valence electrons. The highest BCUT2D eigenvalue weighted by Gasteiger charge is 2.15. The van der Waals surface area contributed by atoms with Crippen LogP contribution in [-0.2, 0) is 4.79 Å². The Bertz CT molecular complexity index is 706. The summed E-state index contributed by atoms with van der Waals surface area (Å²) in [5.74, 6) is -0.404. The number of carbonyl (C=O) groups is 2. The molecule has 0 saturated heterocycles. The predicted octanol–water partition coefficient (Wildman–Crippen LogP) is 2.77. The Morgan fingerprint density at radius 3 is 2.04 bits per heavy atom. The number of hydrogen-bond donors (Lipinski definition) is 1. The molecule has 0 aliphatic rings. The maximum absolute atomic E-state index is 12.4. The van der Waals surface area contributed by atoms with Gasteiger partial charge in [0, 0.05) is 38.1 Å². The van der Waals surface area contributed by atoms with Crippen LogP contribution in [0.4, 0.5) is 11.4 Å². The average Bonchev–Trinajstić information content (AvgIpc) is 2.56. The van der Waals surface area contributed by atoms with Gasteiger partial charge in [0.25, 0.3) is 5.91 Å². The molecule has 2 aromatic rings. The van der Waals surface area contributed by atoms with Crippen molar-refractivity contribution in [3.05, 3.63) is 59.7 Å². The van der Waals surface area contributed by atoms with E-state index >= 15 is 0 Å². The average molecular weight is 325 g/mol. The summed E-state index contributed by atoms with van der Waals surface area (Å²) in [6.07, 6.45) is 0. The number of nitrogens with one attached hydrogen (secondary N) is 1. The van der Waals surface area contributed by atoms with Gasteiger partial charge in [0.2, 0.25) is 5.91 Å². The first-order chi connectivity index (χ1) is 11.4. The minimum absolute atomic E-state index is 0.00212. The predicted molar refractivity (Wildman–Crippen MR) is 97.5 cm³/mol. The Morgan fingerprint density at radius 1 is 0.917 bits per heavy atom. The number of nitrogens with zero attached hydrogens (tertiary/aromatic N) is 2. The van der Waals surface area contributed by atoms with E-state index in [2.05, 4.69) is 5.32 Å². The molecule has 0 fully saturated rings. The molecule has 0 spiro atoms. The highest BCUT2D eigenvalue weighted by atomic mass is 16.2. The van der Waals surface area contributed by atoms with Gasteiger partial charge in [0.15, 0.2) is 0 Å². The zero-order chi connectivity index (χ0) is 17.7. The Hall–Kier alpha value is -2.82. The molecule has 0 aliphatic heterocycles. The van der Waals surface area contributed by atoms with Crippen LogP contribution in [0.15, 0.2) is 48.5 Å². The fraction of sp³-hybridized carbons (Fsp3) is 0.263. The molecule has 0 unspecified atom stereocenters. The third-order valence-electron chi connectivity index (χ3n) is 3.69. The van der Waals surface area contributed by atoms with Crippen molar-refractivity contribution in [1.82, 2.24) is 4.90 Å². The molecule has 5 heteroatoms. The van der Waals surface area contributed by atoms with Crippen LogP contribution in [0.5, 0.6) is 0 Å². The van der Waals surface area contributed by atoms with Gasteiger partial charge in [-0.25, -0.2) is 0 Å². The fourth-order valence-corrected chi connectivity index (χ4v) is 2.25. The first-order valence-electron chi connectivity index (χ1n) is 7.76. The monoisotopic (exact) mass is 325 g/mol. The molecule has 0 aliphatic carbocycles. The molecule has 1 N–H and O–H groups in total.